The number of aryl methyl sites for hydroxylation is 1. The summed E-state index contributed by atoms with van der Waals surface area (Å²) < 4.78 is 1.55. The average molecular weight is 154 g/mol. The molecule has 1 heterocycles. The molecule has 60 valence electrons. The topological polar surface area (TPSA) is 73.8 Å². The largest absolute Gasteiger partial charge is 0.321 e. The molecule has 0 amide bonds. The van der Waals surface area contributed by atoms with Gasteiger partial charge in [0.2, 0.25) is 11.6 Å². The van der Waals surface area contributed by atoms with Crippen LogP contribution in [0.3, 0.4) is 0 Å². The van der Waals surface area contributed by atoms with Gasteiger partial charge in [0.15, 0.2) is 0 Å². The summed E-state index contributed by atoms with van der Waals surface area (Å²) in [5, 5.41) is 7.18. The van der Waals surface area contributed by atoms with Gasteiger partial charge in [-0.25, -0.2) is 0 Å². The highest BCUT2D eigenvalue weighted by Gasteiger charge is 2.15. The van der Waals surface area contributed by atoms with Crippen molar-refractivity contribution >= 4 is 5.78 Å². The molecule has 1 aromatic heterocycles. The number of rotatable bonds is 2. The van der Waals surface area contributed by atoms with E-state index < -0.39 is 6.04 Å². The van der Waals surface area contributed by atoms with Crippen LogP contribution in [0.2, 0.25) is 0 Å². The Morgan fingerprint density at radius 3 is 2.82 bits per heavy atom. The van der Waals surface area contributed by atoms with Crippen LogP contribution in [0.1, 0.15) is 17.5 Å². The first kappa shape index (κ1) is 7.87. The SMILES string of the molecule is CC(N)C(=O)c1nncn1C. The van der Waals surface area contributed by atoms with Gasteiger partial charge in [-0.1, -0.05) is 0 Å². The molecular formula is C6H10N4O. The maximum Gasteiger partial charge on any atom is 0.216 e. The quantitative estimate of drug-likeness (QED) is 0.574. The summed E-state index contributed by atoms with van der Waals surface area (Å²) in [5.74, 6) is 0.116. The van der Waals surface area contributed by atoms with Gasteiger partial charge in [-0.05, 0) is 6.92 Å². The Labute approximate surface area is 64.2 Å². The van der Waals surface area contributed by atoms with Crippen LogP contribution in [0, 0.1) is 0 Å². The van der Waals surface area contributed by atoms with Gasteiger partial charge < -0.3 is 10.3 Å². The molecule has 0 bridgehead atoms. The van der Waals surface area contributed by atoms with Crippen LogP contribution >= 0.6 is 0 Å². The molecule has 0 aliphatic rings. The zero-order chi connectivity index (χ0) is 8.43. The molecule has 0 radical (unpaired) electrons. The Balaban J connectivity index is 2.93. The second-order valence-electron chi connectivity index (χ2n) is 2.42. The van der Waals surface area contributed by atoms with E-state index in [4.69, 9.17) is 5.73 Å². The highest BCUT2D eigenvalue weighted by atomic mass is 16.1. The molecule has 0 aliphatic heterocycles. The Morgan fingerprint density at radius 2 is 2.45 bits per heavy atom. The van der Waals surface area contributed by atoms with E-state index in [9.17, 15) is 4.79 Å². The summed E-state index contributed by atoms with van der Waals surface area (Å²) in [6.07, 6.45) is 1.47. The second kappa shape index (κ2) is 2.79. The lowest BCUT2D eigenvalue weighted by atomic mass is 10.2. The zero-order valence-electron chi connectivity index (χ0n) is 6.48. The summed E-state index contributed by atoms with van der Waals surface area (Å²) in [7, 11) is 1.70. The first-order chi connectivity index (χ1) is 5.13. The molecule has 0 spiro atoms. The van der Waals surface area contributed by atoms with Gasteiger partial charge in [-0.15, -0.1) is 10.2 Å². The highest BCUT2D eigenvalue weighted by Crippen LogP contribution is 1.95. The number of aromatic nitrogens is 3. The van der Waals surface area contributed by atoms with Crippen LogP contribution < -0.4 is 5.73 Å². The third-order valence-corrected chi connectivity index (χ3v) is 1.35. The van der Waals surface area contributed by atoms with Crippen molar-refractivity contribution in [1.82, 2.24) is 14.8 Å². The van der Waals surface area contributed by atoms with E-state index in [0.717, 1.165) is 0 Å². The van der Waals surface area contributed by atoms with Crippen molar-refractivity contribution in [2.75, 3.05) is 0 Å². The number of hydrogen-bond donors (Lipinski definition) is 1. The smallest absolute Gasteiger partial charge is 0.216 e. The molecule has 2 N–H and O–H groups in total. The highest BCUT2D eigenvalue weighted by molar-refractivity contribution is 5.96. The molecule has 11 heavy (non-hydrogen) atoms. The molecule has 0 saturated carbocycles. The van der Waals surface area contributed by atoms with Gasteiger partial charge in [0.1, 0.15) is 6.33 Å². The monoisotopic (exact) mass is 154 g/mol. The molecule has 0 saturated heterocycles. The minimum absolute atomic E-state index is 0.190. The van der Waals surface area contributed by atoms with E-state index in [1.165, 1.54) is 6.33 Å². The number of carbonyl (C=O) groups is 1. The summed E-state index contributed by atoms with van der Waals surface area (Å²) in [6, 6.07) is -0.516. The van der Waals surface area contributed by atoms with Crippen molar-refractivity contribution in [1.29, 1.82) is 0 Å². The van der Waals surface area contributed by atoms with Crippen molar-refractivity contribution in [3.63, 3.8) is 0 Å². The fraction of sp³-hybridized carbons (Fsp3) is 0.500. The van der Waals surface area contributed by atoms with Gasteiger partial charge in [0.25, 0.3) is 0 Å². The van der Waals surface area contributed by atoms with Gasteiger partial charge in [0, 0.05) is 7.05 Å². The molecule has 5 nitrogen and oxygen atoms in total. The van der Waals surface area contributed by atoms with Gasteiger partial charge in [-0.3, -0.25) is 4.79 Å². The number of ketones is 1. The maximum atomic E-state index is 11.2. The maximum absolute atomic E-state index is 11.2. The fourth-order valence-corrected chi connectivity index (χ4v) is 0.710. The van der Waals surface area contributed by atoms with Gasteiger partial charge in [-0.2, -0.15) is 0 Å². The number of nitrogens with two attached hydrogens (primary N) is 1. The molecule has 1 atom stereocenters. The first-order valence-electron chi connectivity index (χ1n) is 3.26. The van der Waals surface area contributed by atoms with Crippen molar-refractivity contribution in [2.45, 2.75) is 13.0 Å². The standard InChI is InChI=1S/C6H10N4O/c1-4(7)5(11)6-9-8-3-10(6)2/h3-4H,7H2,1-2H3. The lowest BCUT2D eigenvalue weighted by Gasteiger charge is -2.01. The molecule has 1 aromatic rings. The lowest BCUT2D eigenvalue weighted by molar-refractivity contribution is 0.0954. The van der Waals surface area contributed by atoms with E-state index in [-0.39, 0.29) is 5.78 Å². The van der Waals surface area contributed by atoms with Crippen molar-refractivity contribution in [2.24, 2.45) is 12.8 Å². The summed E-state index contributed by atoms with van der Waals surface area (Å²) in [5.41, 5.74) is 5.37. The fourth-order valence-electron chi connectivity index (χ4n) is 0.710. The Kier molecular flexibility index (Phi) is 2.00. The number of Topliss-reactive ketones (excluding diaryl/α,β-unsaturated/α-hetero) is 1. The van der Waals surface area contributed by atoms with Gasteiger partial charge in [0.05, 0.1) is 6.04 Å². The lowest BCUT2D eigenvalue weighted by Crippen LogP contribution is -2.28. The van der Waals surface area contributed by atoms with E-state index in [1.54, 1.807) is 18.5 Å². The van der Waals surface area contributed by atoms with Crippen LogP contribution in [0.15, 0.2) is 6.33 Å². The number of nitrogens with zero attached hydrogens (tertiary/aromatic N) is 3. The van der Waals surface area contributed by atoms with E-state index >= 15 is 0 Å². The minimum Gasteiger partial charge on any atom is -0.321 e. The van der Waals surface area contributed by atoms with Gasteiger partial charge >= 0.3 is 0 Å². The normalized spacial score (nSPS) is 13.0. The summed E-state index contributed by atoms with van der Waals surface area (Å²) >= 11 is 0. The Bertz CT molecular complexity index is 265. The molecule has 0 fully saturated rings. The van der Waals surface area contributed by atoms with Crippen molar-refractivity contribution in [3.05, 3.63) is 12.2 Å². The van der Waals surface area contributed by atoms with Crippen molar-refractivity contribution in [3.8, 4) is 0 Å². The van der Waals surface area contributed by atoms with Crippen LogP contribution in [-0.2, 0) is 7.05 Å². The molecule has 0 aliphatic carbocycles. The van der Waals surface area contributed by atoms with E-state index in [1.807, 2.05) is 0 Å². The number of carbonyl (C=O) groups excluding carboxylic acids is 1. The molecular weight excluding hydrogens is 144 g/mol. The molecule has 1 unspecified atom stereocenters. The minimum atomic E-state index is -0.516. The van der Waals surface area contributed by atoms with E-state index in [0.29, 0.717) is 5.82 Å². The molecule has 0 aromatic carbocycles. The Hall–Kier alpha value is -1.23. The number of hydrogen-bond acceptors (Lipinski definition) is 4. The van der Waals surface area contributed by atoms with Crippen LogP contribution in [0.5, 0.6) is 0 Å². The van der Waals surface area contributed by atoms with Crippen LogP contribution in [0.4, 0.5) is 0 Å². The second-order valence-corrected chi connectivity index (χ2v) is 2.42. The summed E-state index contributed by atoms with van der Waals surface area (Å²) in [4.78, 5) is 11.2. The van der Waals surface area contributed by atoms with Crippen LogP contribution in [0.25, 0.3) is 0 Å². The molecule has 5 heteroatoms. The van der Waals surface area contributed by atoms with Crippen LogP contribution in [-0.4, -0.2) is 26.6 Å². The zero-order valence-corrected chi connectivity index (χ0v) is 6.48. The predicted molar refractivity (Wildman–Crippen MR) is 39.0 cm³/mol. The average Bonchev–Trinajstić information content (AvgIpc) is 2.33. The van der Waals surface area contributed by atoms with E-state index in [2.05, 4.69) is 10.2 Å². The third kappa shape index (κ3) is 1.43. The van der Waals surface area contributed by atoms with Crippen molar-refractivity contribution < 1.29 is 4.79 Å². The summed E-state index contributed by atoms with van der Waals surface area (Å²) in [6.45, 7) is 1.62. The first-order valence-corrected chi connectivity index (χ1v) is 3.26. The predicted octanol–water partition coefficient (Wildman–Crippen LogP) is -0.655. The third-order valence-electron chi connectivity index (χ3n) is 1.35. The Morgan fingerprint density at radius 1 is 1.82 bits per heavy atom. The molecule has 1 rings (SSSR count).